The van der Waals surface area contributed by atoms with Crippen molar-refractivity contribution in [3.8, 4) is 5.82 Å². The molecule has 2 aromatic heterocycles. The van der Waals surface area contributed by atoms with Crippen LogP contribution in [0.15, 0.2) is 40.2 Å². The number of aromatic amines is 1. The minimum Gasteiger partial charge on any atom is -0.465 e. The molecule has 1 aromatic carbocycles. The van der Waals surface area contributed by atoms with Gasteiger partial charge < -0.3 is 10.4 Å². The number of fused-ring (bicyclic) bond motifs is 1. The van der Waals surface area contributed by atoms with Crippen LogP contribution in [-0.4, -0.2) is 45.6 Å². The molecule has 3 N–H and O–H groups in total. The lowest BCUT2D eigenvalue weighted by atomic mass is 10.1. The van der Waals surface area contributed by atoms with Crippen molar-refractivity contribution in [3.63, 3.8) is 0 Å². The van der Waals surface area contributed by atoms with Crippen LogP contribution in [0, 0.1) is 0 Å². The number of hydrogen-bond donors (Lipinski definition) is 3. The van der Waals surface area contributed by atoms with E-state index in [2.05, 4.69) is 20.5 Å². The lowest BCUT2D eigenvalue weighted by Crippen LogP contribution is -2.34. The molecule has 11 heteroatoms. The van der Waals surface area contributed by atoms with Crippen LogP contribution < -0.4 is 10.9 Å². The summed E-state index contributed by atoms with van der Waals surface area (Å²) in [5, 5.41) is 17.8. The van der Waals surface area contributed by atoms with E-state index >= 15 is 0 Å². The van der Waals surface area contributed by atoms with Crippen molar-refractivity contribution in [2.45, 2.75) is 24.3 Å². The first-order valence-electron chi connectivity index (χ1n) is 7.99. The molecule has 1 amide bonds. The first-order valence-corrected chi connectivity index (χ1v) is 9.88. The Labute approximate surface area is 153 Å². The fourth-order valence-electron chi connectivity index (χ4n) is 2.86. The molecule has 0 bridgehead atoms. The van der Waals surface area contributed by atoms with Gasteiger partial charge in [0, 0.05) is 12.3 Å². The van der Waals surface area contributed by atoms with E-state index in [-0.39, 0.29) is 27.4 Å². The third kappa shape index (κ3) is 3.40. The predicted molar refractivity (Wildman–Crippen MR) is 96.8 cm³/mol. The number of rotatable bonds is 5. The molecular formula is C16H17N5O5S. The van der Waals surface area contributed by atoms with Crippen LogP contribution in [0.4, 0.5) is 4.79 Å². The van der Waals surface area contributed by atoms with Crippen molar-refractivity contribution in [1.29, 1.82) is 0 Å². The van der Waals surface area contributed by atoms with Gasteiger partial charge in [0.25, 0.3) is 5.56 Å². The number of carboxylic acid groups (broad SMARTS) is 1. The average Bonchev–Trinajstić information content (AvgIpc) is 3.12. The van der Waals surface area contributed by atoms with E-state index in [1.54, 1.807) is 6.92 Å². The molecule has 3 rings (SSSR count). The summed E-state index contributed by atoms with van der Waals surface area (Å²) in [7, 11) is -3.68. The molecule has 0 aliphatic carbocycles. The number of H-pyrrole nitrogens is 1. The Morgan fingerprint density at radius 1 is 1.37 bits per heavy atom. The van der Waals surface area contributed by atoms with Gasteiger partial charge in [0.2, 0.25) is 0 Å². The van der Waals surface area contributed by atoms with E-state index in [0.29, 0.717) is 6.42 Å². The lowest BCUT2D eigenvalue weighted by Gasteiger charge is -2.20. The highest BCUT2D eigenvalue weighted by molar-refractivity contribution is 7.91. The average molecular weight is 391 g/mol. The summed E-state index contributed by atoms with van der Waals surface area (Å²) < 4.78 is 25.4. The van der Waals surface area contributed by atoms with Crippen molar-refractivity contribution < 1.29 is 18.3 Å². The van der Waals surface area contributed by atoms with Gasteiger partial charge in [0.1, 0.15) is 11.6 Å². The van der Waals surface area contributed by atoms with Crippen molar-refractivity contribution in [3.05, 3.63) is 46.6 Å². The van der Waals surface area contributed by atoms with Crippen LogP contribution in [-0.2, 0) is 9.84 Å². The van der Waals surface area contributed by atoms with Gasteiger partial charge in [-0.2, -0.15) is 5.10 Å². The second-order valence-corrected chi connectivity index (χ2v) is 7.87. The Morgan fingerprint density at radius 3 is 2.67 bits per heavy atom. The number of carbonyl (C=O) groups is 1. The van der Waals surface area contributed by atoms with Crippen LogP contribution in [0.5, 0.6) is 0 Å². The van der Waals surface area contributed by atoms with Crippen LogP contribution in [0.25, 0.3) is 16.7 Å². The van der Waals surface area contributed by atoms with Gasteiger partial charge in [-0.15, -0.1) is 0 Å². The smallest absolute Gasteiger partial charge is 0.405 e. The zero-order chi connectivity index (χ0) is 19.8. The number of aromatic nitrogens is 4. The van der Waals surface area contributed by atoms with Crippen LogP contribution in [0.3, 0.4) is 0 Å². The van der Waals surface area contributed by atoms with Crippen molar-refractivity contribution in [2.24, 2.45) is 0 Å². The Bertz CT molecular complexity index is 1170. The maximum absolute atomic E-state index is 13.3. The molecule has 1 atom stereocenters. The zero-order valence-corrected chi connectivity index (χ0v) is 15.3. The summed E-state index contributed by atoms with van der Waals surface area (Å²) in [5.74, 6) is 0.380. The Balaban J connectivity index is 2.45. The maximum atomic E-state index is 13.3. The zero-order valence-electron chi connectivity index (χ0n) is 14.5. The van der Waals surface area contributed by atoms with E-state index in [4.69, 9.17) is 5.11 Å². The molecule has 142 valence electrons. The SMILES string of the molecule is CCC(NC(=O)O)c1nc2cccc(S(C)(=O)=O)c2c(=O)n1-c1ccn[nH]1. The Kier molecular flexibility index (Phi) is 4.70. The summed E-state index contributed by atoms with van der Waals surface area (Å²) in [6.07, 6.45) is 1.49. The van der Waals surface area contributed by atoms with E-state index in [9.17, 15) is 18.0 Å². The number of nitrogens with zero attached hydrogens (tertiary/aromatic N) is 3. The molecule has 0 radical (unpaired) electrons. The van der Waals surface area contributed by atoms with Crippen LogP contribution in [0.1, 0.15) is 25.2 Å². The summed E-state index contributed by atoms with van der Waals surface area (Å²) in [5.41, 5.74) is -0.467. The molecule has 10 nitrogen and oxygen atoms in total. The van der Waals surface area contributed by atoms with E-state index in [0.717, 1.165) is 10.8 Å². The highest BCUT2D eigenvalue weighted by Gasteiger charge is 2.24. The molecular weight excluding hydrogens is 374 g/mol. The first kappa shape index (κ1) is 18.6. The number of amides is 1. The van der Waals surface area contributed by atoms with Gasteiger partial charge in [0.15, 0.2) is 9.84 Å². The number of benzene rings is 1. The molecule has 0 aliphatic rings. The molecule has 1 unspecified atom stereocenters. The molecule has 0 spiro atoms. The largest absolute Gasteiger partial charge is 0.465 e. The fourth-order valence-corrected chi connectivity index (χ4v) is 3.75. The van der Waals surface area contributed by atoms with E-state index in [1.165, 1.54) is 30.5 Å². The number of sulfone groups is 1. The minimum atomic E-state index is -3.68. The monoisotopic (exact) mass is 391 g/mol. The maximum Gasteiger partial charge on any atom is 0.405 e. The molecule has 0 fully saturated rings. The third-order valence-electron chi connectivity index (χ3n) is 4.03. The lowest BCUT2D eigenvalue weighted by molar-refractivity contribution is 0.188. The summed E-state index contributed by atoms with van der Waals surface area (Å²) in [6, 6.07) is 5.06. The van der Waals surface area contributed by atoms with Crippen molar-refractivity contribution in [2.75, 3.05) is 6.26 Å². The highest BCUT2D eigenvalue weighted by Crippen LogP contribution is 2.23. The molecule has 27 heavy (non-hydrogen) atoms. The third-order valence-corrected chi connectivity index (χ3v) is 5.17. The molecule has 0 saturated heterocycles. The molecule has 2 heterocycles. The van der Waals surface area contributed by atoms with Gasteiger partial charge >= 0.3 is 6.09 Å². The van der Waals surface area contributed by atoms with Crippen molar-refractivity contribution in [1.82, 2.24) is 25.1 Å². The van der Waals surface area contributed by atoms with E-state index in [1.807, 2.05) is 0 Å². The van der Waals surface area contributed by atoms with Gasteiger partial charge in [-0.25, -0.2) is 22.8 Å². The first-order chi connectivity index (χ1) is 12.7. The van der Waals surface area contributed by atoms with Crippen LogP contribution >= 0.6 is 0 Å². The number of hydrogen-bond acceptors (Lipinski definition) is 6. The number of nitrogens with one attached hydrogen (secondary N) is 2. The Morgan fingerprint density at radius 2 is 2.11 bits per heavy atom. The second-order valence-electron chi connectivity index (χ2n) is 5.89. The predicted octanol–water partition coefficient (Wildman–Crippen LogP) is 1.23. The van der Waals surface area contributed by atoms with E-state index < -0.39 is 27.5 Å². The Hall–Kier alpha value is -3.21. The van der Waals surface area contributed by atoms with Gasteiger partial charge in [-0.1, -0.05) is 13.0 Å². The second kappa shape index (κ2) is 6.83. The fraction of sp³-hybridized carbons (Fsp3) is 0.250. The minimum absolute atomic E-state index is 0.0662. The summed E-state index contributed by atoms with van der Waals surface area (Å²) in [4.78, 5) is 28.7. The quantitative estimate of drug-likeness (QED) is 0.592. The van der Waals surface area contributed by atoms with Gasteiger partial charge in [0.05, 0.1) is 28.0 Å². The topological polar surface area (TPSA) is 147 Å². The van der Waals surface area contributed by atoms with Gasteiger partial charge in [-0.05, 0) is 18.6 Å². The standard InChI is InChI=1S/C16H17N5O5S/c1-3-9(19-16(23)24)14-18-10-5-4-6-11(27(2,25)26)13(10)15(22)21(14)12-7-8-17-20-12/h4-9,19H,3H2,1-2H3,(H,17,20)(H,23,24). The molecule has 0 saturated carbocycles. The normalized spacial score (nSPS) is 12.8. The van der Waals surface area contributed by atoms with Gasteiger partial charge in [-0.3, -0.25) is 9.89 Å². The van der Waals surface area contributed by atoms with Crippen LogP contribution in [0.2, 0.25) is 0 Å². The van der Waals surface area contributed by atoms with Crippen molar-refractivity contribution >= 4 is 26.8 Å². The summed E-state index contributed by atoms with van der Waals surface area (Å²) >= 11 is 0. The summed E-state index contributed by atoms with van der Waals surface area (Å²) in [6.45, 7) is 1.74. The molecule has 0 aliphatic heterocycles. The molecule has 3 aromatic rings. The highest BCUT2D eigenvalue weighted by atomic mass is 32.2.